The number of guanidine groups is 1. The number of aliphatic imine (C=N–C) groups is 1. The molecular weight excluding hydrogens is 759 g/mol. The number of carbonyl (C=O) groups is 8. The molecule has 2 heterocycles. The van der Waals surface area contributed by atoms with Crippen molar-refractivity contribution < 1.29 is 48.6 Å². The fraction of sp³-hybridized carbons (Fsp3) is 0.625. The first-order chi connectivity index (χ1) is 26.4. The number of aliphatic carboxylic acids is 1. The number of thiol groups is 1. The van der Waals surface area contributed by atoms with Crippen molar-refractivity contribution in [2.75, 3.05) is 25.4 Å². The maximum Gasteiger partial charge on any atom is 0.326 e. The number of rotatable bonds is 23. The molecule has 1 fully saturated rings. The Hall–Kier alpha value is -5.49. The number of carboxylic acid groups (broad SMARTS) is 1. The van der Waals surface area contributed by atoms with E-state index in [1.54, 1.807) is 13.8 Å². The molecule has 16 N–H and O–H groups in total. The lowest BCUT2D eigenvalue weighted by Crippen LogP contribution is -2.61. The predicted molar refractivity (Wildman–Crippen MR) is 202 cm³/mol. The molecule has 7 atom stereocenters. The van der Waals surface area contributed by atoms with E-state index in [0.717, 1.165) is 0 Å². The average Bonchev–Trinajstić information content (AvgIpc) is 3.85. The van der Waals surface area contributed by atoms with Gasteiger partial charge >= 0.3 is 5.97 Å². The highest BCUT2D eigenvalue weighted by Gasteiger charge is 2.40. The number of likely N-dealkylation sites (tertiary alicyclic amines) is 1. The van der Waals surface area contributed by atoms with Crippen LogP contribution in [0.1, 0.15) is 51.6 Å². The minimum atomic E-state index is -1.70. The fourth-order valence-corrected chi connectivity index (χ4v) is 5.86. The number of nitrogens with zero attached hydrogens (tertiary/aromatic N) is 3. The largest absolute Gasteiger partial charge is 0.480 e. The summed E-state index contributed by atoms with van der Waals surface area (Å²) < 4.78 is 0. The average molecular weight is 812 g/mol. The lowest BCUT2D eigenvalue weighted by molar-refractivity contribution is -0.143. The SMILES string of the molecule is CC(C)[C@H](NC(=O)[C@@H](N)CCCN=C(N)N)C(=O)N1CCC[C@H]1C(=O)N[C@@H](Cc1cnc[nH]1)C(=O)N[C@@H](CO)C(=O)N[C@@H](CS)C(=O)N[C@@H](CC(N)=O)C(=O)O. The number of nitrogens with two attached hydrogens (primary N) is 4. The van der Waals surface area contributed by atoms with Gasteiger partial charge < -0.3 is 69.6 Å². The van der Waals surface area contributed by atoms with Gasteiger partial charge in [-0.15, -0.1) is 0 Å². The maximum atomic E-state index is 13.8. The van der Waals surface area contributed by atoms with Crippen molar-refractivity contribution in [1.82, 2.24) is 41.5 Å². The van der Waals surface area contributed by atoms with Crippen LogP contribution in [0.15, 0.2) is 17.5 Å². The second-order valence-electron chi connectivity index (χ2n) is 13.4. The molecule has 0 spiro atoms. The molecule has 1 aliphatic heterocycles. The number of H-pyrrole nitrogens is 1. The van der Waals surface area contributed by atoms with E-state index in [1.807, 2.05) is 0 Å². The number of aliphatic hydroxyl groups excluding tert-OH is 1. The maximum absolute atomic E-state index is 13.8. The zero-order chi connectivity index (χ0) is 42.1. The van der Waals surface area contributed by atoms with Crippen LogP contribution in [0.5, 0.6) is 0 Å². The molecular formula is C32H53N13O10S. The first kappa shape index (κ1) is 46.7. The summed E-state index contributed by atoms with van der Waals surface area (Å²) in [5, 5.41) is 31.3. The zero-order valence-electron chi connectivity index (χ0n) is 31.1. The van der Waals surface area contributed by atoms with Gasteiger partial charge in [-0.25, -0.2) is 9.78 Å². The quantitative estimate of drug-likeness (QED) is 0.0212. The molecule has 1 aromatic rings. The van der Waals surface area contributed by atoms with E-state index in [4.69, 9.17) is 22.9 Å². The minimum absolute atomic E-state index is 0.0930. The Morgan fingerprint density at radius 3 is 2.12 bits per heavy atom. The van der Waals surface area contributed by atoms with Crippen molar-refractivity contribution in [1.29, 1.82) is 0 Å². The van der Waals surface area contributed by atoms with Crippen molar-refractivity contribution in [2.45, 2.75) is 94.7 Å². The van der Waals surface area contributed by atoms with Crippen LogP contribution in [0.2, 0.25) is 0 Å². The Labute approximate surface area is 327 Å². The van der Waals surface area contributed by atoms with E-state index in [-0.39, 0.29) is 44.1 Å². The van der Waals surface area contributed by atoms with E-state index in [0.29, 0.717) is 18.5 Å². The highest BCUT2D eigenvalue weighted by atomic mass is 32.1. The Morgan fingerprint density at radius 2 is 1.57 bits per heavy atom. The third-order valence-corrected chi connectivity index (χ3v) is 9.00. The standard InChI is InChI=1S/C32H53N13O10S/c1-15(2)24(44-25(48)17(33)5-3-7-38-32(35)36)30(53)45-8-4-6-22(45)29(52)40-18(9-16-11-37-14-39-16)26(49)42-20(12-46)27(50)43-21(13-56)28(51)41-19(31(54)55)10-23(34)47/h11,14-15,17-22,24,46,56H,3-10,12-13,33H2,1-2H3,(H2,34,47)(H,37,39)(H,40,52)(H,41,51)(H,42,49)(H,43,50)(H,44,48)(H,54,55)(H4,35,36,38)/t17-,18-,19-,20-,21-,22-,24-/m0/s1. The van der Waals surface area contributed by atoms with E-state index in [2.05, 4.69) is 54.2 Å². The molecule has 24 heteroatoms. The van der Waals surface area contributed by atoms with Crippen molar-refractivity contribution >= 4 is 65.9 Å². The second-order valence-corrected chi connectivity index (χ2v) is 13.7. The van der Waals surface area contributed by atoms with Gasteiger partial charge in [0.05, 0.1) is 25.4 Å². The lowest BCUT2D eigenvalue weighted by atomic mass is 10.0. The van der Waals surface area contributed by atoms with Gasteiger partial charge in [0.25, 0.3) is 0 Å². The predicted octanol–water partition coefficient (Wildman–Crippen LogP) is -5.71. The number of nitrogens with one attached hydrogen (secondary N) is 6. The van der Waals surface area contributed by atoms with E-state index in [9.17, 15) is 48.6 Å². The number of carboxylic acids is 1. The van der Waals surface area contributed by atoms with Gasteiger partial charge in [0, 0.05) is 37.2 Å². The van der Waals surface area contributed by atoms with Crippen molar-refractivity contribution in [3.63, 3.8) is 0 Å². The van der Waals surface area contributed by atoms with Crippen LogP contribution in [-0.4, -0.2) is 146 Å². The molecule has 7 amide bonds. The molecule has 0 bridgehead atoms. The highest BCUT2D eigenvalue weighted by molar-refractivity contribution is 7.80. The van der Waals surface area contributed by atoms with Gasteiger partial charge in [-0.3, -0.25) is 38.6 Å². The summed E-state index contributed by atoms with van der Waals surface area (Å²) in [4.78, 5) is 115. The monoisotopic (exact) mass is 811 g/mol. The number of aromatic nitrogens is 2. The normalized spacial score (nSPS) is 17.0. The van der Waals surface area contributed by atoms with Crippen LogP contribution in [0.3, 0.4) is 0 Å². The van der Waals surface area contributed by atoms with Gasteiger partial charge in [0.2, 0.25) is 41.4 Å². The molecule has 0 aliphatic carbocycles. The van der Waals surface area contributed by atoms with Crippen LogP contribution in [0.25, 0.3) is 0 Å². The van der Waals surface area contributed by atoms with Crippen molar-refractivity contribution in [3.05, 3.63) is 18.2 Å². The summed E-state index contributed by atoms with van der Waals surface area (Å²) in [6.45, 7) is 2.92. The molecule has 0 unspecified atom stereocenters. The van der Waals surface area contributed by atoms with Gasteiger partial charge in [-0.1, -0.05) is 13.8 Å². The second kappa shape index (κ2) is 22.8. The Bertz CT molecular complexity index is 1570. The van der Waals surface area contributed by atoms with Crippen LogP contribution in [0, 0.1) is 5.92 Å². The highest BCUT2D eigenvalue weighted by Crippen LogP contribution is 2.21. The Kier molecular flexibility index (Phi) is 19.0. The number of imidazole rings is 1. The first-order valence-electron chi connectivity index (χ1n) is 17.7. The van der Waals surface area contributed by atoms with E-state index >= 15 is 0 Å². The molecule has 23 nitrogen and oxygen atoms in total. The number of hydrogen-bond acceptors (Lipinski definition) is 13. The topological polar surface area (TPSA) is 386 Å². The van der Waals surface area contributed by atoms with Gasteiger partial charge in [0.1, 0.15) is 36.3 Å². The molecule has 1 saturated heterocycles. The molecule has 312 valence electrons. The third kappa shape index (κ3) is 14.6. The Balaban J connectivity index is 2.18. The van der Waals surface area contributed by atoms with Crippen LogP contribution < -0.4 is 49.5 Å². The number of aliphatic hydroxyl groups is 1. The molecule has 1 aromatic heterocycles. The molecule has 2 rings (SSSR count). The molecule has 0 radical (unpaired) electrons. The third-order valence-electron chi connectivity index (χ3n) is 8.64. The molecule has 0 aromatic carbocycles. The number of hydrogen-bond donors (Lipinski definition) is 13. The van der Waals surface area contributed by atoms with Gasteiger partial charge in [-0.2, -0.15) is 12.6 Å². The number of primary amides is 1. The Morgan fingerprint density at radius 1 is 0.946 bits per heavy atom. The smallest absolute Gasteiger partial charge is 0.326 e. The first-order valence-corrected chi connectivity index (χ1v) is 18.4. The minimum Gasteiger partial charge on any atom is -0.480 e. The van der Waals surface area contributed by atoms with Crippen molar-refractivity contribution in [2.24, 2.45) is 33.8 Å². The van der Waals surface area contributed by atoms with E-state index < -0.39 is 109 Å². The fourth-order valence-electron chi connectivity index (χ4n) is 5.61. The summed E-state index contributed by atoms with van der Waals surface area (Å²) in [7, 11) is 0. The van der Waals surface area contributed by atoms with Crippen LogP contribution in [0.4, 0.5) is 0 Å². The van der Waals surface area contributed by atoms with Crippen LogP contribution in [-0.2, 0) is 44.8 Å². The summed E-state index contributed by atoms with van der Waals surface area (Å²) in [5.74, 6) is -8.25. The van der Waals surface area contributed by atoms with Gasteiger partial charge in [-0.05, 0) is 31.6 Å². The summed E-state index contributed by atoms with van der Waals surface area (Å²) in [5.41, 5.74) is 22.1. The van der Waals surface area contributed by atoms with Crippen LogP contribution >= 0.6 is 12.6 Å². The summed E-state index contributed by atoms with van der Waals surface area (Å²) >= 11 is 4.01. The number of aromatic amines is 1. The van der Waals surface area contributed by atoms with E-state index in [1.165, 1.54) is 17.4 Å². The molecule has 0 saturated carbocycles. The zero-order valence-corrected chi connectivity index (χ0v) is 32.0. The number of carbonyl (C=O) groups excluding carboxylic acids is 7. The summed E-state index contributed by atoms with van der Waals surface area (Å²) in [6.07, 6.45) is 3.17. The van der Waals surface area contributed by atoms with Crippen molar-refractivity contribution in [3.8, 4) is 0 Å². The van der Waals surface area contributed by atoms with Gasteiger partial charge in [0.15, 0.2) is 5.96 Å². The lowest BCUT2D eigenvalue weighted by Gasteiger charge is -2.32. The molecule has 56 heavy (non-hydrogen) atoms. The molecule has 1 aliphatic rings. The summed E-state index contributed by atoms with van der Waals surface area (Å²) in [6, 6.07) is -9.25. The number of amides is 7.